The fraction of sp³-hybridized carbons (Fsp3) is 0.583. The maximum absolute atomic E-state index is 4.30. The van der Waals surface area contributed by atoms with Crippen molar-refractivity contribution < 1.29 is 0 Å². The molecule has 2 heterocycles. The Kier molecular flexibility index (Phi) is 3.50. The second-order valence-corrected chi connectivity index (χ2v) is 5.45. The van der Waals surface area contributed by atoms with Gasteiger partial charge in [0, 0.05) is 18.6 Å². The first-order valence-electron chi connectivity index (χ1n) is 5.65. The number of aryl methyl sites for hydroxylation is 1. The molecule has 0 bridgehead atoms. The van der Waals surface area contributed by atoms with E-state index in [0.29, 0.717) is 12.1 Å². The van der Waals surface area contributed by atoms with E-state index in [1.165, 1.54) is 12.0 Å². The number of aromatic nitrogens is 1. The van der Waals surface area contributed by atoms with Crippen molar-refractivity contribution in [2.45, 2.75) is 32.4 Å². The van der Waals surface area contributed by atoms with Crippen molar-refractivity contribution in [3.8, 4) is 0 Å². The van der Waals surface area contributed by atoms with Gasteiger partial charge in [0.2, 0.25) is 0 Å². The number of nitrogens with one attached hydrogen (secondary N) is 1. The summed E-state index contributed by atoms with van der Waals surface area (Å²) in [5.74, 6) is 0. The molecule has 0 spiro atoms. The molecule has 1 aromatic rings. The fourth-order valence-corrected chi connectivity index (χ4v) is 2.39. The van der Waals surface area contributed by atoms with Crippen LogP contribution >= 0.6 is 15.9 Å². The molecule has 4 heteroatoms. The molecule has 0 radical (unpaired) electrons. The van der Waals surface area contributed by atoms with Gasteiger partial charge in [-0.1, -0.05) is 0 Å². The lowest BCUT2D eigenvalue weighted by Crippen LogP contribution is -2.24. The van der Waals surface area contributed by atoms with Gasteiger partial charge < -0.3 is 10.2 Å². The van der Waals surface area contributed by atoms with Crippen molar-refractivity contribution in [3.63, 3.8) is 0 Å². The predicted octanol–water partition coefficient (Wildman–Crippen LogP) is 2.66. The molecule has 0 saturated carbocycles. The third-order valence-electron chi connectivity index (χ3n) is 3.27. The summed E-state index contributed by atoms with van der Waals surface area (Å²) in [5, 5.41) is 3.54. The summed E-state index contributed by atoms with van der Waals surface area (Å²) >= 11 is 3.41. The molecule has 1 N–H and O–H groups in total. The van der Waals surface area contributed by atoms with Crippen molar-refractivity contribution in [3.05, 3.63) is 22.4 Å². The van der Waals surface area contributed by atoms with Crippen molar-refractivity contribution >= 4 is 21.6 Å². The number of pyridine rings is 1. The summed E-state index contributed by atoms with van der Waals surface area (Å²) in [5.41, 5.74) is 2.29. The molecule has 1 fully saturated rings. The number of hydrogen-bond donors (Lipinski definition) is 1. The zero-order valence-corrected chi connectivity index (χ0v) is 11.6. The van der Waals surface area contributed by atoms with Crippen LogP contribution in [0.3, 0.4) is 0 Å². The third kappa shape index (κ3) is 2.55. The number of rotatable bonds is 2. The second-order valence-electron chi connectivity index (χ2n) is 4.70. The monoisotopic (exact) mass is 283 g/mol. The number of likely N-dealkylation sites (tertiary alicyclic amines) is 1. The molecule has 1 aromatic heterocycles. The van der Waals surface area contributed by atoms with E-state index >= 15 is 0 Å². The molecule has 88 valence electrons. The van der Waals surface area contributed by atoms with E-state index in [2.05, 4.69) is 58.1 Å². The predicted molar refractivity (Wildman–Crippen MR) is 70.8 cm³/mol. The lowest BCUT2D eigenvalue weighted by Gasteiger charge is -2.14. The van der Waals surface area contributed by atoms with Crippen LogP contribution in [0.2, 0.25) is 0 Å². The largest absolute Gasteiger partial charge is 0.380 e. The Labute approximate surface area is 105 Å². The standard InChI is InChI=1S/C12H18BrN3/c1-8-4-10(6-14-12(8)13)15-11-5-9(2)16(3)7-11/h4,6,9,11,15H,5,7H2,1-3H3. The van der Waals surface area contributed by atoms with Crippen LogP contribution in [0.25, 0.3) is 0 Å². The molecule has 0 amide bonds. The van der Waals surface area contributed by atoms with Crippen molar-refractivity contribution in [1.82, 2.24) is 9.88 Å². The van der Waals surface area contributed by atoms with Gasteiger partial charge in [-0.15, -0.1) is 0 Å². The minimum absolute atomic E-state index is 0.544. The Hall–Kier alpha value is -0.610. The van der Waals surface area contributed by atoms with Gasteiger partial charge in [0.05, 0.1) is 11.9 Å². The maximum Gasteiger partial charge on any atom is 0.109 e. The number of nitrogens with zero attached hydrogens (tertiary/aromatic N) is 2. The van der Waals surface area contributed by atoms with E-state index in [1.807, 2.05) is 6.20 Å². The Morgan fingerprint density at radius 1 is 1.56 bits per heavy atom. The SMILES string of the molecule is Cc1cc(NC2CC(C)N(C)C2)cnc1Br. The maximum atomic E-state index is 4.30. The Morgan fingerprint density at radius 3 is 2.88 bits per heavy atom. The van der Waals surface area contributed by atoms with Crippen LogP contribution in [0.5, 0.6) is 0 Å². The van der Waals surface area contributed by atoms with Crippen LogP contribution in [0.1, 0.15) is 18.9 Å². The number of hydrogen-bond acceptors (Lipinski definition) is 3. The highest BCUT2D eigenvalue weighted by Gasteiger charge is 2.25. The van der Waals surface area contributed by atoms with Crippen LogP contribution in [0, 0.1) is 6.92 Å². The molecule has 1 saturated heterocycles. The van der Waals surface area contributed by atoms with Crippen LogP contribution in [-0.2, 0) is 0 Å². The Bertz CT molecular complexity index is 371. The average Bonchev–Trinajstić information content (AvgIpc) is 2.52. The van der Waals surface area contributed by atoms with E-state index in [1.54, 1.807) is 0 Å². The minimum Gasteiger partial charge on any atom is -0.380 e. The highest BCUT2D eigenvalue weighted by atomic mass is 79.9. The Balaban J connectivity index is 2.02. The minimum atomic E-state index is 0.544. The van der Waals surface area contributed by atoms with Crippen LogP contribution in [0.15, 0.2) is 16.9 Å². The quantitative estimate of drug-likeness (QED) is 0.846. The van der Waals surface area contributed by atoms with Gasteiger partial charge in [0.25, 0.3) is 0 Å². The molecule has 0 aliphatic carbocycles. The van der Waals surface area contributed by atoms with Crippen LogP contribution < -0.4 is 5.32 Å². The van der Waals surface area contributed by atoms with E-state index < -0.39 is 0 Å². The summed E-state index contributed by atoms with van der Waals surface area (Å²) in [7, 11) is 2.18. The molecule has 0 aromatic carbocycles. The number of likely N-dealkylation sites (N-methyl/N-ethyl adjacent to an activating group) is 1. The average molecular weight is 284 g/mol. The topological polar surface area (TPSA) is 28.2 Å². The molecule has 16 heavy (non-hydrogen) atoms. The lowest BCUT2D eigenvalue weighted by atomic mass is 10.2. The molecule has 1 aliphatic heterocycles. The summed E-state index contributed by atoms with van der Waals surface area (Å²) in [6, 6.07) is 3.35. The van der Waals surface area contributed by atoms with E-state index in [9.17, 15) is 0 Å². The normalized spacial score (nSPS) is 26.0. The van der Waals surface area contributed by atoms with E-state index in [4.69, 9.17) is 0 Å². The summed E-state index contributed by atoms with van der Waals surface area (Å²) in [6.45, 7) is 5.44. The zero-order chi connectivity index (χ0) is 11.7. The van der Waals surface area contributed by atoms with E-state index in [0.717, 1.165) is 16.8 Å². The molecular formula is C12H18BrN3. The highest BCUT2D eigenvalue weighted by molar-refractivity contribution is 9.10. The summed E-state index contributed by atoms with van der Waals surface area (Å²) < 4.78 is 0.926. The summed E-state index contributed by atoms with van der Waals surface area (Å²) in [4.78, 5) is 6.69. The van der Waals surface area contributed by atoms with Crippen LogP contribution in [0.4, 0.5) is 5.69 Å². The Morgan fingerprint density at radius 2 is 2.31 bits per heavy atom. The highest BCUT2D eigenvalue weighted by Crippen LogP contribution is 2.21. The zero-order valence-electron chi connectivity index (χ0n) is 10.00. The second kappa shape index (κ2) is 4.72. The number of halogens is 1. The molecule has 1 aliphatic rings. The number of anilines is 1. The van der Waals surface area contributed by atoms with Gasteiger partial charge in [-0.2, -0.15) is 0 Å². The van der Waals surface area contributed by atoms with E-state index in [-0.39, 0.29) is 0 Å². The van der Waals surface area contributed by atoms with Gasteiger partial charge in [-0.25, -0.2) is 4.98 Å². The molecule has 3 nitrogen and oxygen atoms in total. The molecule has 2 unspecified atom stereocenters. The third-order valence-corrected chi connectivity index (χ3v) is 4.10. The molecule has 2 rings (SSSR count). The first kappa shape index (κ1) is 11.9. The fourth-order valence-electron chi connectivity index (χ4n) is 2.17. The molecule has 2 atom stereocenters. The first-order valence-corrected chi connectivity index (χ1v) is 6.44. The van der Waals surface area contributed by atoms with Crippen LogP contribution in [-0.4, -0.2) is 35.6 Å². The van der Waals surface area contributed by atoms with Gasteiger partial charge in [0.15, 0.2) is 0 Å². The molecular weight excluding hydrogens is 266 g/mol. The van der Waals surface area contributed by atoms with Gasteiger partial charge >= 0.3 is 0 Å². The van der Waals surface area contributed by atoms with Gasteiger partial charge in [-0.3, -0.25) is 0 Å². The van der Waals surface area contributed by atoms with Gasteiger partial charge in [0.1, 0.15) is 4.60 Å². The van der Waals surface area contributed by atoms with Crippen molar-refractivity contribution in [2.75, 3.05) is 18.9 Å². The first-order chi connectivity index (χ1) is 7.56. The lowest BCUT2D eigenvalue weighted by molar-refractivity contribution is 0.330. The van der Waals surface area contributed by atoms with Gasteiger partial charge in [-0.05, 0) is 54.9 Å². The van der Waals surface area contributed by atoms with Crippen molar-refractivity contribution in [1.29, 1.82) is 0 Å². The summed E-state index contributed by atoms with van der Waals surface area (Å²) in [6.07, 6.45) is 3.09. The smallest absolute Gasteiger partial charge is 0.109 e. The van der Waals surface area contributed by atoms with Crippen molar-refractivity contribution in [2.24, 2.45) is 0 Å².